The summed E-state index contributed by atoms with van der Waals surface area (Å²) in [5.41, 5.74) is 0.378. The van der Waals surface area contributed by atoms with Crippen LogP contribution in [0.25, 0.3) is 43.8 Å². The Bertz CT molecular complexity index is 2390. The molecule has 0 aliphatic carbocycles. The Kier molecular flexibility index (Phi) is 8.17. The fourth-order valence-electron chi connectivity index (χ4n) is 10.00. The zero-order valence-corrected chi connectivity index (χ0v) is 30.8. The third-order valence-electron chi connectivity index (χ3n) is 12.7. The molecule has 5 fully saturated rings. The molecular weight excluding hydrogens is 708 g/mol. The quantitative estimate of drug-likeness (QED) is 0.193. The molecule has 5 saturated heterocycles. The summed E-state index contributed by atoms with van der Waals surface area (Å²) in [5, 5.41) is 12.2. The molecule has 5 aliphatic heterocycles. The Morgan fingerprint density at radius 3 is 2.60 bits per heavy atom. The number of carbonyl (C=O) groups excluding carboxylic acids is 2. The van der Waals surface area contributed by atoms with Gasteiger partial charge in [0, 0.05) is 30.3 Å². The van der Waals surface area contributed by atoms with Gasteiger partial charge in [-0.05, 0) is 106 Å². The zero-order valence-electron chi connectivity index (χ0n) is 30.8. The van der Waals surface area contributed by atoms with Gasteiger partial charge in [0.05, 0.1) is 29.2 Å². The fourth-order valence-corrected chi connectivity index (χ4v) is 10.00. The van der Waals surface area contributed by atoms with Crippen LogP contribution in [-0.4, -0.2) is 92.0 Å². The number of carbonyl (C=O) groups is 2. The lowest BCUT2D eigenvalue weighted by Crippen LogP contribution is -2.58. The number of rotatable bonds is 7. The molecule has 1 spiro atoms. The maximum Gasteiger partial charge on any atom is 0.322 e. The lowest BCUT2D eigenvalue weighted by atomic mass is 9.89. The van der Waals surface area contributed by atoms with Crippen LogP contribution in [0.3, 0.4) is 0 Å². The maximum atomic E-state index is 17.7. The number of fused-ring (bicyclic) bond motifs is 4. The van der Waals surface area contributed by atoms with E-state index < -0.39 is 23.3 Å². The number of benzene rings is 2. The molecule has 3 amide bonds. The van der Waals surface area contributed by atoms with E-state index in [9.17, 15) is 9.59 Å². The monoisotopic (exact) mass is 751 g/mol. The van der Waals surface area contributed by atoms with E-state index in [1.54, 1.807) is 18.5 Å². The van der Waals surface area contributed by atoms with E-state index in [0.717, 1.165) is 68.9 Å². The Hall–Kier alpha value is -5.02. The number of pyridine rings is 1. The number of hydrogen-bond acceptors (Lipinski definition) is 10. The van der Waals surface area contributed by atoms with Crippen molar-refractivity contribution in [1.29, 1.82) is 0 Å². The number of piperidine rings is 1. The highest BCUT2D eigenvalue weighted by Crippen LogP contribution is 2.44. The standard InChI is InChI=1S/C40H43F2N9O4/c1-2-24-27(41)10-9-23-18-28-25(20-44-51(28)29-8-3-4-17-54-29)31(30(23)24)34-32(42)33-26(19-43-34)35(49-14-7-13-40(21-49)36(52)47-37(53)48-40)46-38(45-33)55-22-39-11-5-15-50(39)16-6-12-39/h9-10,18-20,29H,2-8,11-17,21-22H2,1H3,(H2,47,48,52,53)/t29?,40-/m1/s1. The van der Waals surface area contributed by atoms with Gasteiger partial charge in [-0.2, -0.15) is 15.1 Å². The molecular formula is C40H43F2N9O4. The van der Waals surface area contributed by atoms with Crippen LogP contribution in [-0.2, 0) is 16.0 Å². The van der Waals surface area contributed by atoms with E-state index in [2.05, 4.69) is 15.5 Å². The molecule has 286 valence electrons. The molecule has 2 aromatic carbocycles. The first kappa shape index (κ1) is 34.5. The lowest BCUT2D eigenvalue weighted by molar-refractivity contribution is -0.124. The molecule has 8 heterocycles. The van der Waals surface area contributed by atoms with Crippen molar-refractivity contribution in [3.05, 3.63) is 47.8 Å². The number of urea groups is 1. The molecule has 5 aliphatic rings. The summed E-state index contributed by atoms with van der Waals surface area (Å²) in [6.45, 7) is 5.54. The van der Waals surface area contributed by atoms with Crippen LogP contribution in [0.5, 0.6) is 6.01 Å². The largest absolute Gasteiger partial charge is 0.461 e. The van der Waals surface area contributed by atoms with E-state index in [1.165, 1.54) is 6.07 Å². The number of halogens is 2. The predicted molar refractivity (Wildman–Crippen MR) is 201 cm³/mol. The first-order chi connectivity index (χ1) is 26.8. The number of anilines is 1. The third-order valence-corrected chi connectivity index (χ3v) is 12.7. The van der Waals surface area contributed by atoms with Crippen LogP contribution in [0.15, 0.2) is 30.6 Å². The summed E-state index contributed by atoms with van der Waals surface area (Å²) in [4.78, 5) is 44.1. The average Bonchev–Trinajstić information content (AvgIpc) is 3.96. The molecule has 15 heteroatoms. The van der Waals surface area contributed by atoms with Crippen LogP contribution in [0.1, 0.15) is 76.5 Å². The Morgan fingerprint density at radius 1 is 1.00 bits per heavy atom. The van der Waals surface area contributed by atoms with Crippen molar-refractivity contribution < 1.29 is 27.8 Å². The molecule has 0 radical (unpaired) electrons. The number of hydrogen-bond donors (Lipinski definition) is 2. The molecule has 0 bridgehead atoms. The Balaban J connectivity index is 1.16. The number of ether oxygens (including phenoxy) is 2. The summed E-state index contributed by atoms with van der Waals surface area (Å²) >= 11 is 0. The first-order valence-electron chi connectivity index (χ1n) is 19.6. The Labute approximate surface area is 315 Å². The van der Waals surface area contributed by atoms with Gasteiger partial charge in [0.15, 0.2) is 12.0 Å². The van der Waals surface area contributed by atoms with E-state index >= 15 is 8.78 Å². The maximum absolute atomic E-state index is 17.7. The normalized spacial score (nSPS) is 24.0. The second kappa shape index (κ2) is 13.0. The highest BCUT2D eigenvalue weighted by molar-refractivity contribution is 6.13. The van der Waals surface area contributed by atoms with Crippen molar-refractivity contribution in [2.24, 2.45) is 0 Å². The molecule has 2 atom stereocenters. The van der Waals surface area contributed by atoms with Gasteiger partial charge >= 0.3 is 12.0 Å². The van der Waals surface area contributed by atoms with Gasteiger partial charge in [-0.1, -0.05) is 13.0 Å². The van der Waals surface area contributed by atoms with Crippen LogP contribution < -0.4 is 20.3 Å². The number of amides is 3. The third kappa shape index (κ3) is 5.44. The predicted octanol–water partition coefficient (Wildman–Crippen LogP) is 5.92. The van der Waals surface area contributed by atoms with Gasteiger partial charge in [-0.25, -0.2) is 18.3 Å². The number of imide groups is 1. The molecule has 3 aromatic heterocycles. The highest BCUT2D eigenvalue weighted by atomic mass is 19.1. The topological polar surface area (TPSA) is 140 Å². The Morgan fingerprint density at radius 2 is 1.84 bits per heavy atom. The van der Waals surface area contributed by atoms with Crippen molar-refractivity contribution in [3.8, 4) is 17.3 Å². The summed E-state index contributed by atoms with van der Waals surface area (Å²) in [7, 11) is 0. The SMILES string of the molecule is CCc1c(F)ccc2cc3c(cnn3C3CCCCO3)c(-c3ncc4c(N5CCC[C@]6(C5)NC(=O)NC6=O)nc(OCC56CCCN5CCC6)nc4c3F)c12. The highest BCUT2D eigenvalue weighted by Gasteiger charge is 2.49. The molecule has 10 rings (SSSR count). The van der Waals surface area contributed by atoms with Gasteiger partial charge in [0.2, 0.25) is 0 Å². The lowest BCUT2D eigenvalue weighted by Gasteiger charge is -2.39. The van der Waals surface area contributed by atoms with Gasteiger partial charge in [0.1, 0.15) is 35.0 Å². The van der Waals surface area contributed by atoms with E-state index in [-0.39, 0.29) is 41.3 Å². The van der Waals surface area contributed by atoms with Crippen molar-refractivity contribution in [1.82, 2.24) is 40.3 Å². The summed E-state index contributed by atoms with van der Waals surface area (Å²) < 4.78 is 47.7. The fraction of sp³-hybridized carbons (Fsp3) is 0.500. The second-order valence-electron chi connectivity index (χ2n) is 15.8. The second-order valence-corrected chi connectivity index (χ2v) is 15.8. The molecule has 0 saturated carbocycles. The molecule has 1 unspecified atom stereocenters. The molecule has 5 aromatic rings. The van der Waals surface area contributed by atoms with Gasteiger partial charge in [-0.3, -0.25) is 20.0 Å². The van der Waals surface area contributed by atoms with E-state index in [0.29, 0.717) is 72.1 Å². The van der Waals surface area contributed by atoms with Gasteiger partial charge in [0.25, 0.3) is 5.91 Å². The summed E-state index contributed by atoms with van der Waals surface area (Å²) in [6, 6.07) is 4.63. The van der Waals surface area contributed by atoms with Crippen LogP contribution in [0, 0.1) is 11.6 Å². The number of aromatic nitrogens is 5. The van der Waals surface area contributed by atoms with E-state index in [1.807, 2.05) is 22.6 Å². The smallest absolute Gasteiger partial charge is 0.322 e. The van der Waals surface area contributed by atoms with E-state index in [4.69, 9.17) is 29.5 Å². The minimum Gasteiger partial charge on any atom is -0.461 e. The minimum atomic E-state index is -1.15. The molecule has 2 N–H and O–H groups in total. The van der Waals surface area contributed by atoms with Crippen molar-refractivity contribution in [2.75, 3.05) is 44.3 Å². The first-order valence-corrected chi connectivity index (χ1v) is 19.6. The molecule has 13 nitrogen and oxygen atoms in total. The van der Waals surface area contributed by atoms with Gasteiger partial charge in [-0.15, -0.1) is 0 Å². The zero-order chi connectivity index (χ0) is 37.5. The summed E-state index contributed by atoms with van der Waals surface area (Å²) in [6.07, 6.45) is 11.3. The van der Waals surface area contributed by atoms with Gasteiger partial charge < -0.3 is 19.7 Å². The van der Waals surface area contributed by atoms with Crippen LogP contribution in [0.4, 0.5) is 19.4 Å². The van der Waals surface area contributed by atoms with Crippen LogP contribution >= 0.6 is 0 Å². The number of aryl methyl sites for hydroxylation is 1. The average molecular weight is 752 g/mol. The number of nitrogens with zero attached hydrogens (tertiary/aromatic N) is 7. The number of nitrogens with one attached hydrogen (secondary N) is 2. The summed E-state index contributed by atoms with van der Waals surface area (Å²) in [5.74, 6) is -1.12. The van der Waals surface area contributed by atoms with Crippen molar-refractivity contribution in [3.63, 3.8) is 0 Å². The minimum absolute atomic E-state index is 0.000609. The molecule has 55 heavy (non-hydrogen) atoms. The van der Waals surface area contributed by atoms with Crippen molar-refractivity contribution >= 4 is 50.3 Å². The van der Waals surface area contributed by atoms with Crippen LogP contribution in [0.2, 0.25) is 0 Å². The van der Waals surface area contributed by atoms with Crippen molar-refractivity contribution in [2.45, 2.75) is 88.4 Å².